The zero-order valence-corrected chi connectivity index (χ0v) is 10.7. The maximum atomic E-state index is 11.8. The number of aromatic nitrogens is 2. The Kier molecular flexibility index (Phi) is 2.67. The van der Waals surface area contributed by atoms with Gasteiger partial charge in [0.1, 0.15) is 5.78 Å². The van der Waals surface area contributed by atoms with Gasteiger partial charge in [0.05, 0.1) is 17.4 Å². The molecule has 94 valence electrons. The van der Waals surface area contributed by atoms with Gasteiger partial charge >= 0.3 is 0 Å². The third-order valence-corrected chi connectivity index (χ3v) is 3.60. The molecule has 1 aliphatic heterocycles. The first kappa shape index (κ1) is 11.4. The van der Waals surface area contributed by atoms with E-state index in [9.17, 15) is 4.79 Å². The number of imidazole rings is 1. The second-order valence-electron chi connectivity index (χ2n) is 5.14. The fourth-order valence-corrected chi connectivity index (χ4v) is 2.84. The summed E-state index contributed by atoms with van der Waals surface area (Å²) < 4.78 is 2.02. The molecular formula is C14H17N3O. The summed E-state index contributed by atoms with van der Waals surface area (Å²) in [6.45, 7) is 2.06. The van der Waals surface area contributed by atoms with Crippen LogP contribution in [-0.4, -0.2) is 21.4 Å². The zero-order chi connectivity index (χ0) is 12.7. The third-order valence-electron chi connectivity index (χ3n) is 3.60. The molecule has 1 fully saturated rings. The number of carbonyl (C=O) groups excluding carboxylic acids is 1. The van der Waals surface area contributed by atoms with Gasteiger partial charge in [-0.05, 0) is 18.6 Å². The molecular weight excluding hydrogens is 226 g/mol. The lowest BCUT2D eigenvalue weighted by Crippen LogP contribution is -2.39. The zero-order valence-electron chi connectivity index (χ0n) is 10.7. The van der Waals surface area contributed by atoms with Crippen LogP contribution < -0.4 is 5.32 Å². The van der Waals surface area contributed by atoms with Gasteiger partial charge in [0.15, 0.2) is 0 Å². The van der Waals surface area contributed by atoms with Crippen molar-refractivity contribution in [2.75, 3.05) is 0 Å². The quantitative estimate of drug-likeness (QED) is 0.832. The molecule has 1 aromatic carbocycles. The van der Waals surface area contributed by atoms with E-state index in [-0.39, 0.29) is 12.1 Å². The van der Waals surface area contributed by atoms with Crippen molar-refractivity contribution in [3.8, 4) is 0 Å². The van der Waals surface area contributed by atoms with Gasteiger partial charge in [-0.15, -0.1) is 0 Å². The Bertz CT molecular complexity index is 602. The maximum Gasteiger partial charge on any atom is 0.136 e. The van der Waals surface area contributed by atoms with Gasteiger partial charge in [-0.3, -0.25) is 4.79 Å². The van der Waals surface area contributed by atoms with Crippen LogP contribution in [0.3, 0.4) is 0 Å². The molecule has 3 rings (SSSR count). The van der Waals surface area contributed by atoms with Crippen LogP contribution in [0.25, 0.3) is 11.0 Å². The van der Waals surface area contributed by atoms with Crippen molar-refractivity contribution in [1.82, 2.24) is 14.9 Å². The van der Waals surface area contributed by atoms with E-state index in [1.165, 1.54) is 5.56 Å². The predicted octanol–water partition coefficient (Wildman–Crippen LogP) is 1.96. The van der Waals surface area contributed by atoms with E-state index >= 15 is 0 Å². The highest BCUT2D eigenvalue weighted by Gasteiger charge is 2.26. The number of hydrogen-bond acceptors (Lipinski definition) is 3. The smallest absolute Gasteiger partial charge is 0.136 e. The molecule has 2 atom stereocenters. The minimum absolute atomic E-state index is 0.111. The number of Topliss-reactive ketones (excluding diaryl/α,β-unsaturated/α-hetero) is 1. The number of piperidine rings is 1. The summed E-state index contributed by atoms with van der Waals surface area (Å²) in [5.41, 5.74) is 3.28. The molecule has 0 spiro atoms. The molecule has 18 heavy (non-hydrogen) atoms. The molecule has 0 radical (unpaired) electrons. The number of nitrogens with one attached hydrogen (secondary N) is 1. The van der Waals surface area contributed by atoms with Crippen molar-refractivity contribution in [2.45, 2.75) is 31.8 Å². The van der Waals surface area contributed by atoms with Gasteiger partial charge in [0, 0.05) is 32.0 Å². The summed E-state index contributed by atoms with van der Waals surface area (Å²) >= 11 is 0. The Hall–Kier alpha value is -1.68. The van der Waals surface area contributed by atoms with Crippen molar-refractivity contribution in [2.24, 2.45) is 7.05 Å². The Morgan fingerprint density at radius 2 is 2.22 bits per heavy atom. The third kappa shape index (κ3) is 1.82. The van der Waals surface area contributed by atoms with Crippen molar-refractivity contribution < 1.29 is 4.79 Å². The molecule has 0 amide bonds. The van der Waals surface area contributed by atoms with Crippen LogP contribution in [0.15, 0.2) is 24.5 Å². The largest absolute Gasteiger partial charge is 0.333 e. The van der Waals surface area contributed by atoms with Crippen molar-refractivity contribution in [3.63, 3.8) is 0 Å². The van der Waals surface area contributed by atoms with E-state index in [0.29, 0.717) is 18.6 Å². The first-order chi connectivity index (χ1) is 8.65. The molecule has 1 saturated heterocycles. The summed E-state index contributed by atoms with van der Waals surface area (Å²) in [5, 5.41) is 3.51. The minimum Gasteiger partial charge on any atom is -0.333 e. The monoisotopic (exact) mass is 243 g/mol. The number of rotatable bonds is 1. The number of carbonyl (C=O) groups is 1. The fourth-order valence-electron chi connectivity index (χ4n) is 2.84. The Morgan fingerprint density at radius 3 is 3.00 bits per heavy atom. The summed E-state index contributed by atoms with van der Waals surface area (Å²) in [4.78, 5) is 16.1. The van der Waals surface area contributed by atoms with E-state index < -0.39 is 0 Å². The Morgan fingerprint density at radius 1 is 1.39 bits per heavy atom. The SMILES string of the molecule is CC1CC(=O)CC(c2cccc3ncn(C)c23)N1. The summed E-state index contributed by atoms with van der Waals surface area (Å²) in [6, 6.07) is 6.47. The first-order valence-corrected chi connectivity index (χ1v) is 6.33. The number of aryl methyl sites for hydroxylation is 1. The van der Waals surface area contributed by atoms with Gasteiger partial charge < -0.3 is 9.88 Å². The highest BCUT2D eigenvalue weighted by Crippen LogP contribution is 2.29. The maximum absolute atomic E-state index is 11.8. The lowest BCUT2D eigenvalue weighted by molar-refractivity contribution is -0.121. The number of fused-ring (bicyclic) bond motifs is 1. The molecule has 0 saturated carbocycles. The highest BCUT2D eigenvalue weighted by molar-refractivity contribution is 5.84. The molecule has 0 bridgehead atoms. The topological polar surface area (TPSA) is 46.9 Å². The second-order valence-corrected chi connectivity index (χ2v) is 5.14. The van der Waals surface area contributed by atoms with E-state index in [1.807, 2.05) is 30.1 Å². The number of ketones is 1. The lowest BCUT2D eigenvalue weighted by atomic mass is 9.92. The normalized spacial score (nSPS) is 24.7. The van der Waals surface area contributed by atoms with Crippen LogP contribution in [-0.2, 0) is 11.8 Å². The Labute approximate surface area is 106 Å². The molecule has 2 unspecified atom stereocenters. The van der Waals surface area contributed by atoms with E-state index in [4.69, 9.17) is 0 Å². The van der Waals surface area contributed by atoms with Gasteiger partial charge in [-0.1, -0.05) is 12.1 Å². The molecule has 1 aromatic heterocycles. The molecule has 4 heteroatoms. The van der Waals surface area contributed by atoms with Crippen molar-refractivity contribution >= 4 is 16.8 Å². The van der Waals surface area contributed by atoms with Gasteiger partial charge in [0.2, 0.25) is 0 Å². The van der Waals surface area contributed by atoms with Crippen molar-refractivity contribution in [1.29, 1.82) is 0 Å². The van der Waals surface area contributed by atoms with Crippen LogP contribution in [0.2, 0.25) is 0 Å². The van der Waals surface area contributed by atoms with E-state index in [0.717, 1.165) is 11.0 Å². The van der Waals surface area contributed by atoms with Gasteiger partial charge in [0.25, 0.3) is 0 Å². The number of para-hydroxylation sites is 1. The fraction of sp³-hybridized carbons (Fsp3) is 0.429. The summed E-state index contributed by atoms with van der Waals surface area (Å²) in [7, 11) is 1.99. The van der Waals surface area contributed by atoms with Gasteiger partial charge in [-0.25, -0.2) is 4.98 Å². The van der Waals surface area contributed by atoms with Crippen LogP contribution >= 0.6 is 0 Å². The predicted molar refractivity (Wildman–Crippen MR) is 70.3 cm³/mol. The van der Waals surface area contributed by atoms with E-state index in [1.54, 1.807) is 0 Å². The molecule has 4 nitrogen and oxygen atoms in total. The average Bonchev–Trinajstić information content (AvgIpc) is 2.70. The minimum atomic E-state index is 0.111. The van der Waals surface area contributed by atoms with Crippen LogP contribution in [0.1, 0.15) is 31.4 Å². The van der Waals surface area contributed by atoms with Crippen LogP contribution in [0.5, 0.6) is 0 Å². The highest BCUT2D eigenvalue weighted by atomic mass is 16.1. The molecule has 2 aromatic rings. The number of hydrogen-bond donors (Lipinski definition) is 1. The summed E-state index contributed by atoms with van der Waals surface area (Å²) in [5.74, 6) is 0.338. The van der Waals surface area contributed by atoms with Gasteiger partial charge in [-0.2, -0.15) is 0 Å². The number of benzene rings is 1. The number of nitrogens with zero attached hydrogens (tertiary/aromatic N) is 2. The lowest BCUT2D eigenvalue weighted by Gasteiger charge is -2.28. The second kappa shape index (κ2) is 4.21. The van der Waals surface area contributed by atoms with Crippen molar-refractivity contribution in [3.05, 3.63) is 30.1 Å². The van der Waals surface area contributed by atoms with E-state index in [2.05, 4.69) is 23.3 Å². The standard InChI is InChI=1S/C14H17N3O/c1-9-6-10(18)7-13(16-9)11-4-3-5-12-14(11)17(2)8-15-12/h3-5,8-9,13,16H,6-7H2,1-2H3. The molecule has 2 heterocycles. The molecule has 0 aliphatic carbocycles. The molecule has 1 aliphatic rings. The molecule has 1 N–H and O–H groups in total. The Balaban J connectivity index is 2.08. The van der Waals surface area contributed by atoms with Crippen LogP contribution in [0.4, 0.5) is 0 Å². The summed E-state index contributed by atoms with van der Waals surface area (Å²) in [6.07, 6.45) is 3.04. The van der Waals surface area contributed by atoms with Crippen LogP contribution in [0, 0.1) is 0 Å². The average molecular weight is 243 g/mol. The first-order valence-electron chi connectivity index (χ1n) is 6.33.